The third kappa shape index (κ3) is 12.8. The van der Waals surface area contributed by atoms with Crippen molar-refractivity contribution >= 4 is 0 Å². The monoisotopic (exact) mass is 291 g/mol. The number of nitrogens with one attached hydrogen (secondary N) is 1. The lowest BCUT2D eigenvalue weighted by atomic mass is 10.0. The van der Waals surface area contributed by atoms with E-state index in [1.807, 2.05) is 6.92 Å². The summed E-state index contributed by atoms with van der Waals surface area (Å²) >= 11 is 0. The van der Waals surface area contributed by atoms with Crippen LogP contribution < -0.4 is 5.32 Å². The molecule has 0 heterocycles. The molecule has 0 radical (unpaired) electrons. The first-order valence-corrected chi connectivity index (χ1v) is 8.73. The van der Waals surface area contributed by atoms with Gasteiger partial charge in [-0.3, -0.25) is 0 Å². The molecule has 0 spiro atoms. The molecule has 20 heavy (non-hydrogen) atoms. The lowest BCUT2D eigenvalue weighted by Gasteiger charge is -2.17. The van der Waals surface area contributed by atoms with Gasteiger partial charge in [0.15, 0.2) is 0 Å². The van der Waals surface area contributed by atoms with Gasteiger partial charge in [0.1, 0.15) is 0 Å². The first-order chi connectivity index (χ1) is 9.72. The van der Waals surface area contributed by atoms with Crippen LogP contribution >= 0.6 is 0 Å². The van der Waals surface area contributed by atoms with Crippen molar-refractivity contribution < 1.29 is 8.78 Å². The molecule has 122 valence electrons. The highest BCUT2D eigenvalue weighted by Crippen LogP contribution is 2.14. The number of hydrogen-bond acceptors (Lipinski definition) is 1. The molecule has 0 fully saturated rings. The molecule has 0 aromatic heterocycles. The van der Waals surface area contributed by atoms with Crippen LogP contribution in [0.2, 0.25) is 0 Å². The maximum absolute atomic E-state index is 12.7. The molecule has 0 amide bonds. The Balaban J connectivity index is 3.32. The first-order valence-electron chi connectivity index (χ1n) is 8.73. The van der Waals surface area contributed by atoms with Crippen molar-refractivity contribution in [1.82, 2.24) is 5.32 Å². The normalized spacial score (nSPS) is 13.1. The van der Waals surface area contributed by atoms with Gasteiger partial charge in [-0.05, 0) is 19.4 Å². The number of rotatable bonds is 15. The van der Waals surface area contributed by atoms with Crippen LogP contribution in [-0.4, -0.2) is 19.0 Å². The van der Waals surface area contributed by atoms with Crippen LogP contribution in [0.15, 0.2) is 0 Å². The summed E-state index contributed by atoms with van der Waals surface area (Å²) < 4.78 is 25.5. The molecule has 0 aliphatic rings. The van der Waals surface area contributed by atoms with Crippen molar-refractivity contribution in [2.75, 3.05) is 6.54 Å². The predicted octanol–water partition coefficient (Wildman–Crippen LogP) is 5.93. The molecule has 0 aliphatic carbocycles. The summed E-state index contributed by atoms with van der Waals surface area (Å²) in [7, 11) is 0. The van der Waals surface area contributed by atoms with Crippen molar-refractivity contribution in [1.29, 1.82) is 0 Å². The highest BCUT2D eigenvalue weighted by molar-refractivity contribution is 4.69. The molecule has 0 saturated heterocycles. The minimum absolute atomic E-state index is 0.594. The third-order valence-corrected chi connectivity index (χ3v) is 3.83. The zero-order valence-electron chi connectivity index (χ0n) is 13.6. The Morgan fingerprint density at radius 1 is 0.700 bits per heavy atom. The van der Waals surface area contributed by atoms with Gasteiger partial charge < -0.3 is 5.32 Å². The highest BCUT2D eigenvalue weighted by Gasteiger charge is 2.18. The fourth-order valence-corrected chi connectivity index (χ4v) is 2.50. The van der Waals surface area contributed by atoms with Gasteiger partial charge in [-0.2, -0.15) is 0 Å². The minimum atomic E-state index is -2.22. The van der Waals surface area contributed by atoms with Gasteiger partial charge in [-0.1, -0.05) is 78.1 Å². The second kappa shape index (κ2) is 15.2. The van der Waals surface area contributed by atoms with E-state index in [0.29, 0.717) is 13.0 Å². The fraction of sp³-hybridized carbons (Fsp3) is 1.00. The zero-order chi connectivity index (χ0) is 15.1. The summed E-state index contributed by atoms with van der Waals surface area (Å²) in [5, 5.41) is 2.95. The van der Waals surface area contributed by atoms with Crippen LogP contribution in [0.1, 0.15) is 90.9 Å². The molecular weight excluding hydrogens is 256 g/mol. The topological polar surface area (TPSA) is 12.0 Å². The molecule has 0 saturated carbocycles. The molecule has 0 rings (SSSR count). The Morgan fingerprint density at radius 3 is 1.65 bits per heavy atom. The summed E-state index contributed by atoms with van der Waals surface area (Å²) in [6.07, 6.45) is 11.9. The average molecular weight is 291 g/mol. The van der Waals surface area contributed by atoms with Gasteiger partial charge in [0, 0.05) is 0 Å². The standard InChI is InChI=1S/C17H35F2N/c1-3-5-6-7-8-9-10-11-12-13-14-16(17(18)19)20-15-4-2/h16-17,20H,3-15H2,1-2H3. The summed E-state index contributed by atoms with van der Waals surface area (Å²) in [6.45, 7) is 4.95. The first kappa shape index (κ1) is 19.8. The van der Waals surface area contributed by atoms with E-state index in [-0.39, 0.29) is 0 Å². The summed E-state index contributed by atoms with van der Waals surface area (Å²) in [5.41, 5.74) is 0. The van der Waals surface area contributed by atoms with Gasteiger partial charge in [-0.15, -0.1) is 0 Å². The molecule has 1 N–H and O–H groups in total. The van der Waals surface area contributed by atoms with Gasteiger partial charge in [0.2, 0.25) is 0 Å². The van der Waals surface area contributed by atoms with Crippen LogP contribution in [0.5, 0.6) is 0 Å². The second-order valence-corrected chi connectivity index (χ2v) is 5.87. The molecular formula is C17H35F2N. The van der Waals surface area contributed by atoms with Crippen LogP contribution in [0.3, 0.4) is 0 Å². The Labute approximate surface area is 124 Å². The van der Waals surface area contributed by atoms with Gasteiger partial charge in [0.05, 0.1) is 6.04 Å². The minimum Gasteiger partial charge on any atom is -0.309 e. The van der Waals surface area contributed by atoms with E-state index in [2.05, 4.69) is 12.2 Å². The van der Waals surface area contributed by atoms with Crippen molar-refractivity contribution in [2.45, 2.75) is 103 Å². The number of unbranched alkanes of at least 4 members (excludes halogenated alkanes) is 9. The lowest BCUT2D eigenvalue weighted by Crippen LogP contribution is -2.36. The quantitative estimate of drug-likeness (QED) is 0.369. The maximum Gasteiger partial charge on any atom is 0.253 e. The SMILES string of the molecule is CCCCCCCCCCCCC(NCCC)C(F)F. The summed E-state index contributed by atoms with van der Waals surface area (Å²) in [5.74, 6) is 0. The van der Waals surface area contributed by atoms with Crippen molar-refractivity contribution in [3.05, 3.63) is 0 Å². The molecule has 1 unspecified atom stereocenters. The Morgan fingerprint density at radius 2 is 1.20 bits per heavy atom. The van der Waals surface area contributed by atoms with E-state index in [0.717, 1.165) is 19.3 Å². The maximum atomic E-state index is 12.7. The fourth-order valence-electron chi connectivity index (χ4n) is 2.50. The molecule has 3 heteroatoms. The molecule has 0 aromatic carbocycles. The van der Waals surface area contributed by atoms with Crippen LogP contribution in [-0.2, 0) is 0 Å². The zero-order valence-corrected chi connectivity index (χ0v) is 13.6. The van der Waals surface area contributed by atoms with Gasteiger partial charge in [-0.25, -0.2) is 8.78 Å². The van der Waals surface area contributed by atoms with Crippen molar-refractivity contribution in [3.8, 4) is 0 Å². The smallest absolute Gasteiger partial charge is 0.253 e. The van der Waals surface area contributed by atoms with Crippen molar-refractivity contribution in [3.63, 3.8) is 0 Å². The largest absolute Gasteiger partial charge is 0.309 e. The van der Waals surface area contributed by atoms with E-state index < -0.39 is 12.5 Å². The summed E-state index contributed by atoms with van der Waals surface area (Å²) in [4.78, 5) is 0. The van der Waals surface area contributed by atoms with Gasteiger partial charge in [0.25, 0.3) is 6.43 Å². The summed E-state index contributed by atoms with van der Waals surface area (Å²) in [6, 6.07) is -0.594. The van der Waals surface area contributed by atoms with Crippen molar-refractivity contribution in [2.24, 2.45) is 0 Å². The van der Waals surface area contributed by atoms with Gasteiger partial charge >= 0.3 is 0 Å². The van der Waals surface area contributed by atoms with E-state index >= 15 is 0 Å². The van der Waals surface area contributed by atoms with E-state index in [4.69, 9.17) is 0 Å². The van der Waals surface area contributed by atoms with Crippen LogP contribution in [0, 0.1) is 0 Å². The highest BCUT2D eigenvalue weighted by atomic mass is 19.3. The Hall–Kier alpha value is -0.180. The molecule has 0 bridgehead atoms. The van der Waals surface area contributed by atoms with E-state index in [1.54, 1.807) is 0 Å². The predicted molar refractivity (Wildman–Crippen MR) is 84.5 cm³/mol. The molecule has 1 nitrogen and oxygen atoms in total. The van der Waals surface area contributed by atoms with E-state index in [9.17, 15) is 8.78 Å². The molecule has 0 aromatic rings. The van der Waals surface area contributed by atoms with E-state index in [1.165, 1.54) is 51.4 Å². The molecule has 1 atom stereocenters. The Kier molecular flexibility index (Phi) is 15.1. The van der Waals surface area contributed by atoms with Crippen LogP contribution in [0.4, 0.5) is 8.78 Å². The lowest BCUT2D eigenvalue weighted by molar-refractivity contribution is 0.0928. The van der Waals surface area contributed by atoms with Crippen LogP contribution in [0.25, 0.3) is 0 Å². The third-order valence-electron chi connectivity index (χ3n) is 3.83. The average Bonchev–Trinajstić information content (AvgIpc) is 2.43. The number of alkyl halides is 2. The number of hydrogen-bond donors (Lipinski definition) is 1. The number of halogens is 2. The second-order valence-electron chi connectivity index (χ2n) is 5.87. The molecule has 0 aliphatic heterocycles. The Bertz CT molecular complexity index is 186.